The number of rotatable bonds is 7. The van der Waals surface area contributed by atoms with E-state index in [1.165, 1.54) is 32.5 Å². The lowest BCUT2D eigenvalue weighted by molar-refractivity contribution is 0.324. The fourth-order valence-corrected chi connectivity index (χ4v) is 2.64. The smallest absolute Gasteiger partial charge is 0.191 e. The number of aliphatic imine (C=N–C) groups is 1. The number of nitrogens with zero attached hydrogens (tertiary/aromatic N) is 2. The Bertz CT molecular complexity index is 245. The van der Waals surface area contributed by atoms with E-state index in [9.17, 15) is 0 Å². The maximum atomic E-state index is 4.25. The van der Waals surface area contributed by atoms with Crippen LogP contribution in [-0.4, -0.2) is 62.6 Å². The maximum Gasteiger partial charge on any atom is 0.191 e. The molecule has 0 aromatic rings. The minimum Gasteiger partial charge on any atom is -0.356 e. The van der Waals surface area contributed by atoms with Crippen molar-refractivity contribution in [3.63, 3.8) is 0 Å². The SMILES string of the molecule is CCCN1CCC(CNC(=NC)NCCSC)C1. The Labute approximate surface area is 116 Å². The predicted molar refractivity (Wildman–Crippen MR) is 82.6 cm³/mol. The summed E-state index contributed by atoms with van der Waals surface area (Å²) in [5.74, 6) is 2.84. The van der Waals surface area contributed by atoms with Crippen molar-refractivity contribution < 1.29 is 0 Å². The molecule has 4 nitrogen and oxygen atoms in total. The van der Waals surface area contributed by atoms with Crippen LogP contribution >= 0.6 is 11.8 Å². The molecule has 1 aliphatic heterocycles. The Morgan fingerprint density at radius 3 is 2.94 bits per heavy atom. The van der Waals surface area contributed by atoms with Crippen molar-refractivity contribution >= 4 is 17.7 Å². The molecule has 5 heteroatoms. The molecule has 1 unspecified atom stereocenters. The van der Waals surface area contributed by atoms with E-state index in [0.29, 0.717) is 0 Å². The number of thioether (sulfide) groups is 1. The van der Waals surface area contributed by atoms with Gasteiger partial charge in [0.2, 0.25) is 0 Å². The number of nitrogens with one attached hydrogen (secondary N) is 2. The maximum absolute atomic E-state index is 4.25. The molecule has 1 heterocycles. The van der Waals surface area contributed by atoms with Gasteiger partial charge in [-0.2, -0.15) is 11.8 Å². The van der Waals surface area contributed by atoms with Crippen molar-refractivity contribution in [1.29, 1.82) is 0 Å². The molecule has 0 radical (unpaired) electrons. The predicted octanol–water partition coefficient (Wildman–Crippen LogP) is 1.25. The van der Waals surface area contributed by atoms with Crippen LogP contribution in [0, 0.1) is 5.92 Å². The van der Waals surface area contributed by atoms with E-state index in [0.717, 1.165) is 30.7 Å². The molecule has 1 fully saturated rings. The van der Waals surface area contributed by atoms with Crippen LogP contribution in [0.5, 0.6) is 0 Å². The summed E-state index contributed by atoms with van der Waals surface area (Å²) in [7, 11) is 1.84. The van der Waals surface area contributed by atoms with E-state index in [-0.39, 0.29) is 0 Å². The normalized spacial score (nSPS) is 21.3. The van der Waals surface area contributed by atoms with Gasteiger partial charge in [0.1, 0.15) is 0 Å². The summed E-state index contributed by atoms with van der Waals surface area (Å²) in [5, 5.41) is 6.77. The molecule has 1 rings (SSSR count). The van der Waals surface area contributed by atoms with Crippen LogP contribution in [0.1, 0.15) is 19.8 Å². The molecular formula is C13H28N4S. The van der Waals surface area contributed by atoms with Crippen LogP contribution in [0.3, 0.4) is 0 Å². The average Bonchev–Trinajstić information content (AvgIpc) is 2.82. The van der Waals surface area contributed by atoms with E-state index in [1.807, 2.05) is 18.8 Å². The van der Waals surface area contributed by atoms with Gasteiger partial charge in [0, 0.05) is 32.4 Å². The van der Waals surface area contributed by atoms with E-state index >= 15 is 0 Å². The molecule has 18 heavy (non-hydrogen) atoms. The van der Waals surface area contributed by atoms with Crippen LogP contribution in [0.15, 0.2) is 4.99 Å². The van der Waals surface area contributed by atoms with Gasteiger partial charge < -0.3 is 15.5 Å². The van der Waals surface area contributed by atoms with Crippen molar-refractivity contribution in [3.8, 4) is 0 Å². The van der Waals surface area contributed by atoms with Gasteiger partial charge in [-0.15, -0.1) is 0 Å². The monoisotopic (exact) mass is 272 g/mol. The molecule has 0 saturated carbocycles. The zero-order valence-electron chi connectivity index (χ0n) is 12.0. The Morgan fingerprint density at radius 1 is 1.44 bits per heavy atom. The molecule has 0 spiro atoms. The molecule has 0 aliphatic carbocycles. The lowest BCUT2D eigenvalue weighted by Gasteiger charge is -2.16. The van der Waals surface area contributed by atoms with Crippen LogP contribution in [0.2, 0.25) is 0 Å². The highest BCUT2D eigenvalue weighted by molar-refractivity contribution is 7.98. The average molecular weight is 272 g/mol. The summed E-state index contributed by atoms with van der Waals surface area (Å²) in [5.41, 5.74) is 0. The van der Waals surface area contributed by atoms with Crippen molar-refractivity contribution in [1.82, 2.24) is 15.5 Å². The second-order valence-corrected chi connectivity index (χ2v) is 5.81. The second-order valence-electron chi connectivity index (χ2n) is 4.83. The van der Waals surface area contributed by atoms with Crippen LogP contribution in [0.4, 0.5) is 0 Å². The number of likely N-dealkylation sites (tertiary alicyclic amines) is 1. The Balaban J connectivity index is 2.15. The summed E-state index contributed by atoms with van der Waals surface area (Å²) in [6, 6.07) is 0. The lowest BCUT2D eigenvalue weighted by atomic mass is 10.1. The van der Waals surface area contributed by atoms with E-state index in [4.69, 9.17) is 0 Å². The summed E-state index contributed by atoms with van der Waals surface area (Å²) < 4.78 is 0. The van der Waals surface area contributed by atoms with Crippen LogP contribution in [-0.2, 0) is 0 Å². The molecule has 106 valence electrons. The van der Waals surface area contributed by atoms with Crippen LogP contribution in [0.25, 0.3) is 0 Å². The minimum atomic E-state index is 0.774. The van der Waals surface area contributed by atoms with Crippen molar-refractivity contribution in [2.24, 2.45) is 10.9 Å². The first kappa shape index (κ1) is 15.6. The van der Waals surface area contributed by atoms with Gasteiger partial charge in [-0.05, 0) is 38.1 Å². The van der Waals surface area contributed by atoms with E-state index < -0.39 is 0 Å². The van der Waals surface area contributed by atoms with E-state index in [1.54, 1.807) is 0 Å². The number of hydrogen-bond acceptors (Lipinski definition) is 3. The highest BCUT2D eigenvalue weighted by Gasteiger charge is 2.21. The van der Waals surface area contributed by atoms with Crippen LogP contribution < -0.4 is 10.6 Å². The Morgan fingerprint density at radius 2 is 2.28 bits per heavy atom. The highest BCUT2D eigenvalue weighted by Crippen LogP contribution is 2.15. The lowest BCUT2D eigenvalue weighted by Crippen LogP contribution is -2.41. The number of hydrogen-bond donors (Lipinski definition) is 2. The molecule has 2 N–H and O–H groups in total. The second kappa shape index (κ2) is 9.50. The topological polar surface area (TPSA) is 39.7 Å². The molecule has 0 aromatic carbocycles. The van der Waals surface area contributed by atoms with Gasteiger partial charge in [-0.1, -0.05) is 6.92 Å². The quantitative estimate of drug-likeness (QED) is 0.416. The summed E-state index contributed by atoms with van der Waals surface area (Å²) in [6.45, 7) is 8.02. The number of guanidine groups is 1. The van der Waals surface area contributed by atoms with Gasteiger partial charge in [0.05, 0.1) is 0 Å². The molecular weight excluding hydrogens is 244 g/mol. The van der Waals surface area contributed by atoms with Gasteiger partial charge in [0.15, 0.2) is 5.96 Å². The standard InChI is InChI=1S/C13H28N4S/c1-4-7-17-8-5-12(11-17)10-16-13(14-2)15-6-9-18-3/h12H,4-11H2,1-3H3,(H2,14,15,16). The summed E-state index contributed by atoms with van der Waals surface area (Å²) >= 11 is 1.85. The third-order valence-corrected chi connectivity index (χ3v) is 3.90. The largest absolute Gasteiger partial charge is 0.356 e. The van der Waals surface area contributed by atoms with Crippen molar-refractivity contribution in [3.05, 3.63) is 0 Å². The Kier molecular flexibility index (Phi) is 8.25. The molecule has 1 atom stereocenters. The molecule has 0 bridgehead atoms. The van der Waals surface area contributed by atoms with Gasteiger partial charge >= 0.3 is 0 Å². The van der Waals surface area contributed by atoms with Gasteiger partial charge in [0.25, 0.3) is 0 Å². The summed E-state index contributed by atoms with van der Waals surface area (Å²) in [6.07, 6.45) is 4.70. The molecule has 1 aliphatic rings. The minimum absolute atomic E-state index is 0.774. The third-order valence-electron chi connectivity index (χ3n) is 3.29. The fraction of sp³-hybridized carbons (Fsp3) is 0.923. The Hall–Kier alpha value is -0.420. The first-order valence-corrected chi connectivity index (χ1v) is 8.35. The third kappa shape index (κ3) is 5.96. The highest BCUT2D eigenvalue weighted by atomic mass is 32.2. The first-order chi connectivity index (χ1) is 8.80. The fourth-order valence-electron chi connectivity index (χ4n) is 2.33. The first-order valence-electron chi connectivity index (χ1n) is 6.96. The summed E-state index contributed by atoms with van der Waals surface area (Å²) in [4.78, 5) is 6.81. The van der Waals surface area contributed by atoms with Gasteiger partial charge in [-0.25, -0.2) is 0 Å². The molecule has 0 aromatic heterocycles. The molecule has 0 amide bonds. The van der Waals surface area contributed by atoms with Crippen molar-refractivity contribution in [2.75, 3.05) is 51.8 Å². The zero-order chi connectivity index (χ0) is 13.2. The van der Waals surface area contributed by atoms with Gasteiger partial charge in [-0.3, -0.25) is 4.99 Å². The molecule has 1 saturated heterocycles. The zero-order valence-corrected chi connectivity index (χ0v) is 12.9. The van der Waals surface area contributed by atoms with E-state index in [2.05, 4.69) is 33.7 Å². The van der Waals surface area contributed by atoms with Crippen molar-refractivity contribution in [2.45, 2.75) is 19.8 Å².